The third-order valence-electron chi connectivity index (χ3n) is 7.07. The number of thioether (sulfide) groups is 1. The second-order valence-corrected chi connectivity index (χ2v) is 11.8. The number of nitrogens with zero attached hydrogens (tertiary/aromatic N) is 1. The number of ether oxygens (including phenoxy) is 1. The Hall–Kier alpha value is -4.49. The Labute approximate surface area is 264 Å². The highest BCUT2D eigenvalue weighted by atomic mass is 32.2. The monoisotopic (exact) mass is 642 g/mol. The number of carboxylic acid groups (broad SMARTS) is 1. The van der Waals surface area contributed by atoms with Gasteiger partial charge in [0.2, 0.25) is 11.8 Å². The average Bonchev–Trinajstić information content (AvgIpc) is 3.02. The number of hydrogen-bond donors (Lipinski definition) is 4. The number of aliphatic hydroxyl groups is 1. The number of benzene rings is 3. The molecular formula is C32H33F2N3O7S. The molecule has 1 aliphatic rings. The summed E-state index contributed by atoms with van der Waals surface area (Å²) in [5.41, 5.74) is 1.70. The Bertz CT molecular complexity index is 1540. The van der Waals surface area contributed by atoms with E-state index in [0.717, 1.165) is 0 Å². The lowest BCUT2D eigenvalue weighted by atomic mass is 9.92. The standard InChI is InChI=1S/C32H33F2N3O7S/c1-18(2)28(32(42)43)36-26(39)15-35-27(40)16-44-24-13-5-20(6-14-24)29-30(31(41)37(29)23-11-9-22(34)10-12-23)45-17-25(38)19-3-7-21(33)8-4-19/h3-14,18,25,28-30,38H,15-17H2,1-2H3,(H,35,40)(H,36,39)(H,42,43)/t25-,28+,29-,30-/m1/s1/i/hD. The first-order chi connectivity index (χ1) is 21.8. The molecule has 13 heteroatoms. The van der Waals surface area contributed by atoms with Crippen LogP contribution in [-0.2, 0) is 19.2 Å². The Morgan fingerprint density at radius 2 is 1.58 bits per heavy atom. The van der Waals surface area contributed by atoms with Crippen LogP contribution >= 0.6 is 11.8 Å². The van der Waals surface area contributed by atoms with E-state index in [1.54, 1.807) is 38.1 Å². The second-order valence-electron chi connectivity index (χ2n) is 10.6. The second kappa shape index (κ2) is 15.0. The Morgan fingerprint density at radius 1 is 0.978 bits per heavy atom. The average molecular weight is 643 g/mol. The van der Waals surface area contributed by atoms with Crippen molar-refractivity contribution in [3.8, 4) is 5.75 Å². The smallest absolute Gasteiger partial charge is 0.326 e. The predicted octanol–water partition coefficient (Wildman–Crippen LogP) is 3.61. The van der Waals surface area contributed by atoms with E-state index in [4.69, 9.17) is 6.15 Å². The lowest BCUT2D eigenvalue weighted by Gasteiger charge is -2.47. The number of hydrogen-bond acceptors (Lipinski definition) is 7. The molecule has 1 aliphatic heterocycles. The molecule has 0 saturated carbocycles. The number of aliphatic carboxylic acids is 1. The maximum Gasteiger partial charge on any atom is 0.326 e. The number of anilines is 1. The van der Waals surface area contributed by atoms with Crippen molar-refractivity contribution in [3.63, 3.8) is 0 Å². The summed E-state index contributed by atoms with van der Waals surface area (Å²) in [6, 6.07) is 15.8. The zero-order chi connectivity index (χ0) is 33.5. The molecule has 0 aromatic heterocycles. The molecule has 3 aromatic carbocycles. The molecule has 4 N–H and O–H groups in total. The lowest BCUT2D eigenvalue weighted by molar-refractivity contribution is -0.143. The van der Waals surface area contributed by atoms with Gasteiger partial charge < -0.3 is 30.5 Å². The number of rotatable bonds is 14. The minimum atomic E-state index is -1.22. The fourth-order valence-electron chi connectivity index (χ4n) is 4.66. The van der Waals surface area contributed by atoms with Crippen LogP contribution in [0.1, 0.15) is 37.1 Å². The van der Waals surface area contributed by atoms with Crippen LogP contribution in [0.4, 0.5) is 14.5 Å². The van der Waals surface area contributed by atoms with Gasteiger partial charge in [-0.15, -0.1) is 11.8 Å². The van der Waals surface area contributed by atoms with Gasteiger partial charge in [-0.1, -0.05) is 38.1 Å². The molecule has 1 heterocycles. The van der Waals surface area contributed by atoms with Crippen molar-refractivity contribution < 1.29 is 44.3 Å². The van der Waals surface area contributed by atoms with Gasteiger partial charge in [-0.25, -0.2) is 13.6 Å². The van der Waals surface area contributed by atoms with Gasteiger partial charge in [0.05, 0.1) is 18.7 Å². The summed E-state index contributed by atoms with van der Waals surface area (Å²) in [7, 11) is 0. The molecule has 0 unspecified atom stereocenters. The number of nitrogens with one attached hydrogen (secondary N) is 2. The zero-order valence-corrected chi connectivity index (χ0v) is 25.2. The molecule has 4 rings (SSSR count). The number of carbonyl (C=O) groups excluding carboxylic acids is 3. The number of carbonyl (C=O) groups is 4. The van der Waals surface area contributed by atoms with Crippen molar-refractivity contribution >= 4 is 41.1 Å². The lowest BCUT2D eigenvalue weighted by Crippen LogP contribution is -2.57. The molecule has 1 saturated heterocycles. The van der Waals surface area contributed by atoms with Gasteiger partial charge in [-0.2, -0.15) is 0 Å². The fraction of sp³-hybridized carbons (Fsp3) is 0.312. The first-order valence-corrected chi connectivity index (χ1v) is 15.1. The molecule has 0 spiro atoms. The van der Waals surface area contributed by atoms with Crippen LogP contribution in [0.5, 0.6) is 5.75 Å². The Kier molecular flexibility index (Phi) is 10.6. The van der Waals surface area contributed by atoms with E-state index in [2.05, 4.69) is 5.32 Å². The maximum atomic E-state index is 13.6. The fourth-order valence-corrected chi connectivity index (χ4v) is 5.96. The largest absolute Gasteiger partial charge is 0.484 e. The van der Waals surface area contributed by atoms with Crippen LogP contribution in [0.2, 0.25) is 1.41 Å². The number of amides is 3. The normalized spacial score (nSPS) is 17.6. The molecule has 238 valence electrons. The van der Waals surface area contributed by atoms with Crippen LogP contribution in [0, 0.1) is 17.6 Å². The number of aliphatic hydroxyl groups excluding tert-OH is 1. The predicted molar refractivity (Wildman–Crippen MR) is 164 cm³/mol. The van der Waals surface area contributed by atoms with E-state index >= 15 is 0 Å². The highest BCUT2D eigenvalue weighted by Crippen LogP contribution is 2.46. The molecular weight excluding hydrogens is 608 g/mol. The molecule has 10 nitrogen and oxygen atoms in total. The van der Waals surface area contributed by atoms with E-state index in [1.165, 1.54) is 65.2 Å². The van der Waals surface area contributed by atoms with Gasteiger partial charge in [0.15, 0.2) is 8.02 Å². The Balaban J connectivity index is 1.40. The quantitative estimate of drug-likeness (QED) is 0.195. The molecule has 1 fully saturated rings. The number of carboxylic acids is 1. The van der Waals surface area contributed by atoms with E-state index in [-0.39, 0.29) is 17.4 Å². The highest BCUT2D eigenvalue weighted by molar-refractivity contribution is 8.00. The Morgan fingerprint density at radius 3 is 2.16 bits per heavy atom. The van der Waals surface area contributed by atoms with Crippen LogP contribution in [0.25, 0.3) is 0 Å². The number of β-lactam (4-membered cyclic amide) rings is 1. The van der Waals surface area contributed by atoms with Gasteiger partial charge in [-0.3, -0.25) is 14.4 Å². The van der Waals surface area contributed by atoms with Crippen LogP contribution in [0.3, 0.4) is 0 Å². The van der Waals surface area contributed by atoms with Crippen LogP contribution in [0.15, 0.2) is 72.8 Å². The topological polar surface area (TPSA) is 145 Å². The number of halogens is 2. The highest BCUT2D eigenvalue weighted by Gasteiger charge is 2.49. The summed E-state index contributed by atoms with van der Waals surface area (Å²) >= 11 is 1.24. The summed E-state index contributed by atoms with van der Waals surface area (Å²) in [6.07, 6.45) is -0.941. The van der Waals surface area contributed by atoms with Crippen molar-refractivity contribution in [2.75, 3.05) is 23.8 Å². The van der Waals surface area contributed by atoms with Gasteiger partial charge in [-0.05, 0) is 65.6 Å². The van der Waals surface area contributed by atoms with Crippen molar-refractivity contribution in [2.45, 2.75) is 37.3 Å². The minimum Gasteiger partial charge on any atom is -0.484 e. The van der Waals surface area contributed by atoms with Crippen LogP contribution in [-0.4, -0.2) is 64.1 Å². The molecule has 3 aromatic rings. The molecule has 0 bridgehead atoms. The molecule has 3 amide bonds. The first-order valence-electron chi connectivity index (χ1n) is 14.5. The third-order valence-corrected chi connectivity index (χ3v) is 8.40. The zero-order valence-electron chi connectivity index (χ0n) is 25.4. The molecule has 0 aliphatic carbocycles. The first kappa shape index (κ1) is 31.9. The SMILES string of the molecule is [2H]N(CC(=O)N[C@H](C(=O)O)C(C)C)C(=O)COc1ccc([C@@H]2[C@@H](SC[C@@H](O)c3ccc(F)cc3)C(=O)N2c2ccc(F)cc2)cc1. The van der Waals surface area contributed by atoms with Gasteiger partial charge in [0.25, 0.3) is 5.91 Å². The minimum absolute atomic E-state index is 0.162. The molecule has 4 atom stereocenters. The summed E-state index contributed by atoms with van der Waals surface area (Å²) in [5, 5.41) is 21.9. The maximum absolute atomic E-state index is 13.6. The summed E-state index contributed by atoms with van der Waals surface area (Å²) in [5.74, 6) is -3.94. The van der Waals surface area contributed by atoms with Gasteiger partial charge in [0.1, 0.15) is 28.7 Å². The third kappa shape index (κ3) is 8.58. The van der Waals surface area contributed by atoms with E-state index in [1.807, 2.05) is 0 Å². The van der Waals surface area contributed by atoms with Crippen molar-refractivity contribution in [2.24, 2.45) is 5.92 Å². The van der Waals surface area contributed by atoms with E-state index < -0.39 is 71.9 Å². The van der Waals surface area contributed by atoms with E-state index in [9.17, 15) is 38.2 Å². The van der Waals surface area contributed by atoms with Crippen LogP contribution < -0.4 is 20.3 Å². The van der Waals surface area contributed by atoms with Gasteiger partial charge in [0, 0.05) is 11.4 Å². The summed E-state index contributed by atoms with van der Waals surface area (Å²) < 4.78 is 40.2. The van der Waals surface area contributed by atoms with Crippen molar-refractivity contribution in [1.29, 1.82) is 0 Å². The van der Waals surface area contributed by atoms with E-state index in [0.29, 0.717) is 22.1 Å². The van der Waals surface area contributed by atoms with Crippen molar-refractivity contribution in [3.05, 3.63) is 95.6 Å². The molecule has 45 heavy (non-hydrogen) atoms. The summed E-state index contributed by atoms with van der Waals surface area (Å²) in [6.45, 7) is 1.99. The van der Waals surface area contributed by atoms with Crippen molar-refractivity contribution in [1.82, 2.24) is 10.6 Å². The van der Waals surface area contributed by atoms with Gasteiger partial charge >= 0.3 is 5.97 Å². The summed E-state index contributed by atoms with van der Waals surface area (Å²) in [4.78, 5) is 50.6. The molecule has 0 radical (unpaired) electrons.